The predicted octanol–water partition coefficient (Wildman–Crippen LogP) is 7.51. The first kappa shape index (κ1) is 27.2. The summed E-state index contributed by atoms with van der Waals surface area (Å²) in [4.78, 5) is 0. The van der Waals surface area contributed by atoms with Gasteiger partial charge in [-0.05, 0) is 71.9 Å². The van der Waals surface area contributed by atoms with E-state index in [1.165, 1.54) is 11.1 Å². The Kier molecular flexibility index (Phi) is 9.84. The Hall–Kier alpha value is -2.00. The highest BCUT2D eigenvalue weighted by Gasteiger charge is 2.23. The van der Waals surface area contributed by atoms with Crippen molar-refractivity contribution in [2.24, 2.45) is 23.7 Å². The van der Waals surface area contributed by atoms with E-state index < -0.39 is 0 Å². The average Bonchev–Trinajstić information content (AvgIpc) is 2.73. The molecule has 0 unspecified atom stereocenters. The van der Waals surface area contributed by atoms with E-state index in [9.17, 15) is 5.11 Å². The zero-order valence-corrected chi connectivity index (χ0v) is 22.5. The van der Waals surface area contributed by atoms with Crippen molar-refractivity contribution in [2.75, 3.05) is 0 Å². The zero-order chi connectivity index (χ0) is 24.9. The van der Waals surface area contributed by atoms with Gasteiger partial charge in [-0.1, -0.05) is 73.6 Å². The Morgan fingerprint density at radius 3 is 1.64 bits per heavy atom. The number of benzene rings is 2. The molecule has 0 aliphatic carbocycles. The molecule has 2 aromatic rings. The minimum atomic E-state index is 0.0312. The predicted molar refractivity (Wildman–Crippen MR) is 139 cm³/mol. The van der Waals surface area contributed by atoms with Gasteiger partial charge in [-0.3, -0.25) is 0 Å². The van der Waals surface area contributed by atoms with Gasteiger partial charge in [0.1, 0.15) is 23.7 Å². The van der Waals surface area contributed by atoms with Crippen LogP contribution in [0.2, 0.25) is 0 Å². The minimum absolute atomic E-state index is 0.0312. The van der Waals surface area contributed by atoms with Gasteiger partial charge in [-0.15, -0.1) is 0 Å². The van der Waals surface area contributed by atoms with Gasteiger partial charge in [0.25, 0.3) is 0 Å². The smallest absolute Gasteiger partial charge is 0.123 e. The third-order valence-corrected chi connectivity index (χ3v) is 6.76. The summed E-state index contributed by atoms with van der Waals surface area (Å²) < 4.78 is 13.1. The first-order valence-corrected chi connectivity index (χ1v) is 12.6. The van der Waals surface area contributed by atoms with Crippen LogP contribution in [0.25, 0.3) is 0 Å². The summed E-state index contributed by atoms with van der Waals surface area (Å²) in [6, 6.07) is 10.4. The van der Waals surface area contributed by atoms with Crippen molar-refractivity contribution in [1.82, 2.24) is 0 Å². The molecule has 0 aromatic heterocycles. The number of hydrogen-bond donors (Lipinski definition) is 1. The van der Waals surface area contributed by atoms with Gasteiger partial charge in [-0.2, -0.15) is 0 Å². The normalized spacial score (nSPS) is 12.2. The van der Waals surface area contributed by atoms with Crippen LogP contribution in [0.15, 0.2) is 30.3 Å². The fraction of sp³-hybridized carbons (Fsp3) is 0.600. The van der Waals surface area contributed by atoms with E-state index in [2.05, 4.69) is 87.4 Å². The summed E-state index contributed by atoms with van der Waals surface area (Å²) in [6.45, 7) is 22.0. The van der Waals surface area contributed by atoms with Crippen molar-refractivity contribution in [2.45, 2.75) is 94.5 Å². The Morgan fingerprint density at radius 2 is 1.15 bits per heavy atom. The molecule has 0 fully saturated rings. The molecular formula is C30H46O3. The lowest BCUT2D eigenvalue weighted by atomic mass is 9.92. The van der Waals surface area contributed by atoms with Gasteiger partial charge in [0.2, 0.25) is 0 Å². The van der Waals surface area contributed by atoms with Crippen molar-refractivity contribution in [1.29, 1.82) is 0 Å². The lowest BCUT2D eigenvalue weighted by molar-refractivity contribution is 0.103. The molecule has 2 aromatic carbocycles. The summed E-state index contributed by atoms with van der Waals surface area (Å²) in [6.07, 6.45) is 1.06. The van der Waals surface area contributed by atoms with Gasteiger partial charge in [0, 0.05) is 12.0 Å². The molecule has 0 amide bonds. The molecule has 3 heteroatoms. The van der Waals surface area contributed by atoms with Crippen LogP contribution >= 0.6 is 0 Å². The molecule has 0 atom stereocenters. The Morgan fingerprint density at radius 1 is 0.636 bits per heavy atom. The zero-order valence-electron chi connectivity index (χ0n) is 22.5. The van der Waals surface area contributed by atoms with E-state index >= 15 is 0 Å². The van der Waals surface area contributed by atoms with Crippen LogP contribution in [0, 0.1) is 37.5 Å². The van der Waals surface area contributed by atoms with Crippen LogP contribution in [0.4, 0.5) is 0 Å². The Labute approximate surface area is 202 Å². The molecule has 2 rings (SSSR count). The number of aliphatic hydroxyl groups excluding tert-OH is 1. The van der Waals surface area contributed by atoms with Crippen molar-refractivity contribution in [3.8, 4) is 11.5 Å². The highest BCUT2D eigenvalue weighted by molar-refractivity contribution is 5.50. The second kappa shape index (κ2) is 11.9. The molecule has 0 aliphatic heterocycles. The van der Waals surface area contributed by atoms with Crippen LogP contribution in [0.5, 0.6) is 11.5 Å². The van der Waals surface area contributed by atoms with Crippen LogP contribution < -0.4 is 9.47 Å². The average molecular weight is 455 g/mol. The summed E-state index contributed by atoms with van der Waals surface area (Å²) in [5.74, 6) is 3.60. The third kappa shape index (κ3) is 6.76. The number of aliphatic hydroxyl groups is 1. The lowest BCUT2D eigenvalue weighted by Crippen LogP contribution is -2.29. The quantitative estimate of drug-likeness (QED) is 0.382. The largest absolute Gasteiger partial charge is 0.490 e. The molecule has 0 bridgehead atoms. The molecule has 0 spiro atoms. The maximum Gasteiger partial charge on any atom is 0.123 e. The number of ether oxygens (including phenoxy) is 2. The summed E-state index contributed by atoms with van der Waals surface area (Å²) in [5.41, 5.74) is 5.61. The molecule has 0 heterocycles. The van der Waals surface area contributed by atoms with Gasteiger partial charge in [0.15, 0.2) is 0 Å². The van der Waals surface area contributed by atoms with E-state index in [0.717, 1.165) is 34.6 Å². The minimum Gasteiger partial charge on any atom is -0.490 e. The second-order valence-electron chi connectivity index (χ2n) is 10.8. The molecule has 3 nitrogen and oxygen atoms in total. The number of rotatable bonds is 11. The highest BCUT2D eigenvalue weighted by Crippen LogP contribution is 2.34. The Bertz CT molecular complexity index is 880. The van der Waals surface area contributed by atoms with Gasteiger partial charge in [0.05, 0.1) is 6.61 Å². The van der Waals surface area contributed by atoms with E-state index in [4.69, 9.17) is 9.47 Å². The van der Waals surface area contributed by atoms with Gasteiger partial charge < -0.3 is 14.6 Å². The summed E-state index contributed by atoms with van der Waals surface area (Å²) in [5, 5.41) is 9.90. The van der Waals surface area contributed by atoms with Gasteiger partial charge >= 0.3 is 0 Å². The molecule has 0 radical (unpaired) electrons. The fourth-order valence-electron chi connectivity index (χ4n) is 4.83. The topological polar surface area (TPSA) is 38.7 Å². The number of hydrogen-bond acceptors (Lipinski definition) is 3. The van der Waals surface area contributed by atoms with Gasteiger partial charge in [-0.25, -0.2) is 0 Å². The highest BCUT2D eigenvalue weighted by atomic mass is 16.5. The maximum atomic E-state index is 9.90. The maximum absolute atomic E-state index is 9.90. The van der Waals surface area contributed by atoms with Crippen LogP contribution in [0.3, 0.4) is 0 Å². The SMILES string of the molecule is Cc1c(Cc2c(OC(C(C)C)C(C)C)ccc(CO)c2C)cccc1OC(C(C)C)C(C)C. The first-order chi connectivity index (χ1) is 15.5. The molecule has 184 valence electrons. The van der Waals surface area contributed by atoms with E-state index in [0.29, 0.717) is 23.7 Å². The summed E-state index contributed by atoms with van der Waals surface area (Å²) in [7, 11) is 0. The Balaban J connectivity index is 2.47. The van der Waals surface area contributed by atoms with Crippen molar-refractivity contribution in [3.63, 3.8) is 0 Å². The van der Waals surface area contributed by atoms with E-state index in [1.807, 2.05) is 12.1 Å². The van der Waals surface area contributed by atoms with Crippen molar-refractivity contribution in [3.05, 3.63) is 58.1 Å². The molecular weight excluding hydrogens is 408 g/mol. The third-order valence-electron chi connectivity index (χ3n) is 6.76. The summed E-state index contributed by atoms with van der Waals surface area (Å²) >= 11 is 0. The molecule has 33 heavy (non-hydrogen) atoms. The monoisotopic (exact) mass is 454 g/mol. The van der Waals surface area contributed by atoms with E-state index in [1.54, 1.807) is 0 Å². The molecule has 1 N–H and O–H groups in total. The molecule has 0 saturated carbocycles. The first-order valence-electron chi connectivity index (χ1n) is 12.6. The second-order valence-corrected chi connectivity index (χ2v) is 10.8. The van der Waals surface area contributed by atoms with Crippen molar-refractivity contribution >= 4 is 0 Å². The molecule has 0 aliphatic rings. The van der Waals surface area contributed by atoms with Crippen molar-refractivity contribution < 1.29 is 14.6 Å². The van der Waals surface area contributed by atoms with Crippen LogP contribution in [-0.2, 0) is 13.0 Å². The fourth-order valence-corrected chi connectivity index (χ4v) is 4.83. The van der Waals surface area contributed by atoms with Crippen LogP contribution in [0.1, 0.15) is 83.2 Å². The van der Waals surface area contributed by atoms with E-state index in [-0.39, 0.29) is 18.8 Å². The van der Waals surface area contributed by atoms with Crippen LogP contribution in [-0.4, -0.2) is 17.3 Å². The lowest BCUT2D eigenvalue weighted by Gasteiger charge is -2.29. The molecule has 0 saturated heterocycles. The standard InChI is InChI=1S/C30H46O3/c1-18(2)29(19(3)4)32-27-13-11-12-24(23(27)10)16-26-22(9)25(17-31)14-15-28(26)33-30(20(5)6)21(7)8/h11-15,18-21,29-31H,16-17H2,1-10H3.